The van der Waals surface area contributed by atoms with Crippen LogP contribution in [0.5, 0.6) is 0 Å². The number of carbonyl (C=O) groups excluding carboxylic acids is 2. The first kappa shape index (κ1) is 17.7. The van der Waals surface area contributed by atoms with E-state index in [1.165, 1.54) is 14.2 Å². The van der Waals surface area contributed by atoms with Crippen LogP contribution in [0.1, 0.15) is 19.8 Å². The minimum atomic E-state index is -1.50. The van der Waals surface area contributed by atoms with Gasteiger partial charge in [-0.15, -0.1) is 0 Å². The maximum absolute atomic E-state index is 12.3. The summed E-state index contributed by atoms with van der Waals surface area (Å²) >= 11 is 0. The minimum absolute atomic E-state index is 0.0412. The molecular formula is C16H26O4Si. The van der Waals surface area contributed by atoms with Crippen LogP contribution in [0.2, 0.25) is 19.6 Å². The molecule has 21 heavy (non-hydrogen) atoms. The van der Waals surface area contributed by atoms with Crippen LogP contribution >= 0.6 is 0 Å². The van der Waals surface area contributed by atoms with Crippen molar-refractivity contribution in [1.29, 1.82) is 0 Å². The molecule has 1 atom stereocenters. The number of esters is 2. The van der Waals surface area contributed by atoms with E-state index in [0.29, 0.717) is 12.8 Å². The van der Waals surface area contributed by atoms with Crippen LogP contribution in [0.25, 0.3) is 0 Å². The standard InChI is InChI=1S/C16H26O4Si/c1-11-8-16(14(17)19-3,15(18)20-4)9-13(12(11)2)10-21(5,6)7/h10-11H,2,8-9H2,1,3-7H3/b13-10+. The maximum Gasteiger partial charge on any atom is 0.323 e. The van der Waals surface area contributed by atoms with E-state index in [1.807, 2.05) is 6.92 Å². The highest BCUT2D eigenvalue weighted by molar-refractivity contribution is 6.81. The van der Waals surface area contributed by atoms with Crippen LogP contribution in [-0.2, 0) is 19.1 Å². The van der Waals surface area contributed by atoms with Crippen LogP contribution < -0.4 is 0 Å². The summed E-state index contributed by atoms with van der Waals surface area (Å²) in [6.45, 7) is 12.8. The van der Waals surface area contributed by atoms with Gasteiger partial charge < -0.3 is 9.47 Å². The molecule has 118 valence electrons. The molecule has 1 rings (SSSR count). The summed E-state index contributed by atoms with van der Waals surface area (Å²) in [7, 11) is 1.12. The molecule has 0 bridgehead atoms. The SMILES string of the molecule is C=C1/C(=C/[Si](C)(C)C)CC(C(=O)OC)(C(=O)OC)CC1C. The zero-order valence-electron chi connectivity index (χ0n) is 13.9. The van der Waals surface area contributed by atoms with Crippen molar-refractivity contribution < 1.29 is 19.1 Å². The van der Waals surface area contributed by atoms with Crippen molar-refractivity contribution in [3.63, 3.8) is 0 Å². The molecule has 0 aromatic carbocycles. The van der Waals surface area contributed by atoms with Gasteiger partial charge in [0.25, 0.3) is 0 Å². The van der Waals surface area contributed by atoms with Crippen molar-refractivity contribution in [2.75, 3.05) is 14.2 Å². The Morgan fingerprint density at radius 2 is 1.71 bits per heavy atom. The average Bonchev–Trinajstić information content (AvgIpc) is 2.40. The van der Waals surface area contributed by atoms with Gasteiger partial charge in [-0.2, -0.15) is 0 Å². The summed E-state index contributed by atoms with van der Waals surface area (Å²) in [5, 5.41) is 0. The Bertz CT molecular complexity index is 469. The van der Waals surface area contributed by atoms with E-state index in [9.17, 15) is 9.59 Å². The monoisotopic (exact) mass is 310 g/mol. The number of rotatable bonds is 3. The first-order valence-electron chi connectivity index (χ1n) is 7.15. The van der Waals surface area contributed by atoms with Gasteiger partial charge in [0.05, 0.1) is 22.3 Å². The second-order valence-electron chi connectivity index (χ2n) is 6.91. The molecule has 1 unspecified atom stereocenters. The van der Waals surface area contributed by atoms with Gasteiger partial charge in [0.15, 0.2) is 5.41 Å². The highest BCUT2D eigenvalue weighted by Gasteiger charge is 2.52. The average molecular weight is 310 g/mol. The third-order valence-electron chi connectivity index (χ3n) is 3.91. The molecule has 5 heteroatoms. The Balaban J connectivity index is 3.35. The highest BCUT2D eigenvalue weighted by atomic mass is 28.3. The van der Waals surface area contributed by atoms with Gasteiger partial charge in [-0.05, 0) is 24.3 Å². The molecule has 1 aliphatic rings. The van der Waals surface area contributed by atoms with Crippen LogP contribution in [0.3, 0.4) is 0 Å². The topological polar surface area (TPSA) is 52.6 Å². The smallest absolute Gasteiger partial charge is 0.323 e. The predicted molar refractivity (Wildman–Crippen MR) is 85.4 cm³/mol. The highest BCUT2D eigenvalue weighted by Crippen LogP contribution is 2.46. The van der Waals surface area contributed by atoms with E-state index in [4.69, 9.17) is 9.47 Å². The van der Waals surface area contributed by atoms with E-state index in [1.54, 1.807) is 0 Å². The second-order valence-corrected chi connectivity index (χ2v) is 11.9. The van der Waals surface area contributed by atoms with Crippen LogP contribution in [0, 0.1) is 11.3 Å². The second kappa shape index (κ2) is 6.18. The molecule has 0 spiro atoms. The number of hydrogen-bond donors (Lipinski definition) is 0. The predicted octanol–water partition coefficient (Wildman–Crippen LogP) is 3.11. The Morgan fingerprint density at radius 3 is 2.10 bits per heavy atom. The number of hydrogen-bond acceptors (Lipinski definition) is 4. The molecule has 0 saturated heterocycles. The third-order valence-corrected chi connectivity index (χ3v) is 5.13. The lowest BCUT2D eigenvalue weighted by molar-refractivity contribution is -0.171. The van der Waals surface area contributed by atoms with Crippen molar-refractivity contribution in [2.45, 2.75) is 39.4 Å². The fourth-order valence-electron chi connectivity index (χ4n) is 2.92. The lowest BCUT2D eigenvalue weighted by Crippen LogP contribution is -2.46. The van der Waals surface area contributed by atoms with Crippen molar-refractivity contribution in [1.82, 2.24) is 0 Å². The Morgan fingerprint density at radius 1 is 1.24 bits per heavy atom. The molecule has 0 aromatic heterocycles. The van der Waals surface area contributed by atoms with E-state index < -0.39 is 25.4 Å². The number of carbonyl (C=O) groups is 2. The van der Waals surface area contributed by atoms with Gasteiger partial charge in [0.1, 0.15) is 0 Å². The summed E-state index contributed by atoms with van der Waals surface area (Å²) in [6, 6.07) is 0. The Labute approximate surface area is 128 Å². The first-order valence-corrected chi connectivity index (χ1v) is 10.7. The van der Waals surface area contributed by atoms with Crippen LogP contribution in [0.4, 0.5) is 0 Å². The molecule has 0 radical (unpaired) electrons. The van der Waals surface area contributed by atoms with E-state index in [0.717, 1.165) is 11.1 Å². The van der Waals surface area contributed by atoms with Gasteiger partial charge >= 0.3 is 11.9 Å². The number of allylic oxidation sites excluding steroid dienone is 2. The number of methoxy groups -OCH3 is 2. The Kier molecular flexibility index (Phi) is 5.20. The Hall–Kier alpha value is -1.36. The molecule has 0 heterocycles. The fraction of sp³-hybridized carbons (Fsp3) is 0.625. The molecule has 0 aliphatic heterocycles. The third kappa shape index (κ3) is 3.64. The lowest BCUT2D eigenvalue weighted by Gasteiger charge is -2.38. The quantitative estimate of drug-likeness (QED) is 0.456. The first-order chi connectivity index (χ1) is 9.57. The zero-order chi connectivity index (χ0) is 16.4. The largest absolute Gasteiger partial charge is 0.468 e. The van der Waals surface area contributed by atoms with E-state index in [-0.39, 0.29) is 5.92 Å². The molecule has 0 N–H and O–H groups in total. The summed E-state index contributed by atoms with van der Waals surface area (Å²) in [5.74, 6) is -0.995. The van der Waals surface area contributed by atoms with Crippen molar-refractivity contribution in [3.8, 4) is 0 Å². The van der Waals surface area contributed by atoms with Crippen LogP contribution in [-0.4, -0.2) is 34.2 Å². The van der Waals surface area contributed by atoms with Crippen molar-refractivity contribution in [3.05, 3.63) is 23.4 Å². The molecule has 0 amide bonds. The van der Waals surface area contributed by atoms with Gasteiger partial charge in [-0.3, -0.25) is 9.59 Å². The van der Waals surface area contributed by atoms with Crippen LogP contribution in [0.15, 0.2) is 23.4 Å². The van der Waals surface area contributed by atoms with Gasteiger partial charge in [0.2, 0.25) is 0 Å². The normalized spacial score (nSPS) is 23.8. The molecule has 1 saturated carbocycles. The van der Waals surface area contributed by atoms with E-state index >= 15 is 0 Å². The zero-order valence-corrected chi connectivity index (χ0v) is 14.9. The molecular weight excluding hydrogens is 284 g/mol. The summed E-state index contributed by atoms with van der Waals surface area (Å²) in [5.41, 5.74) is 2.99. The fourth-order valence-corrected chi connectivity index (χ4v) is 4.26. The summed E-state index contributed by atoms with van der Waals surface area (Å²) < 4.78 is 9.79. The van der Waals surface area contributed by atoms with Gasteiger partial charge in [-0.25, -0.2) is 0 Å². The minimum Gasteiger partial charge on any atom is -0.468 e. The molecule has 1 aliphatic carbocycles. The van der Waals surface area contributed by atoms with Crippen molar-refractivity contribution in [2.24, 2.45) is 11.3 Å². The van der Waals surface area contributed by atoms with E-state index in [2.05, 4.69) is 31.9 Å². The molecule has 0 aromatic rings. The van der Waals surface area contributed by atoms with Crippen molar-refractivity contribution >= 4 is 20.0 Å². The summed E-state index contributed by atoms with van der Waals surface area (Å²) in [4.78, 5) is 24.6. The molecule has 4 nitrogen and oxygen atoms in total. The number of ether oxygens (including phenoxy) is 2. The van der Waals surface area contributed by atoms with Gasteiger partial charge in [-0.1, -0.05) is 44.4 Å². The lowest BCUT2D eigenvalue weighted by atomic mass is 9.66. The molecule has 1 fully saturated rings. The van der Waals surface area contributed by atoms with Gasteiger partial charge in [0, 0.05) is 0 Å². The summed E-state index contributed by atoms with van der Waals surface area (Å²) in [6.07, 6.45) is 0.702. The maximum atomic E-state index is 12.3.